The third-order valence-electron chi connectivity index (χ3n) is 5.06. The monoisotopic (exact) mass is 349 g/mol. The van der Waals surface area contributed by atoms with Crippen molar-refractivity contribution in [3.63, 3.8) is 0 Å². The maximum atomic E-state index is 12.2. The van der Waals surface area contributed by atoms with Gasteiger partial charge in [-0.15, -0.1) is 11.3 Å². The van der Waals surface area contributed by atoms with Crippen molar-refractivity contribution in [3.8, 4) is 0 Å². The predicted octanol–water partition coefficient (Wildman–Crippen LogP) is 2.01. The molecule has 0 spiro atoms. The van der Waals surface area contributed by atoms with E-state index < -0.39 is 0 Å². The lowest BCUT2D eigenvalue weighted by atomic mass is 10.1. The van der Waals surface area contributed by atoms with E-state index in [1.54, 1.807) is 4.90 Å². The molecule has 0 aromatic carbocycles. The van der Waals surface area contributed by atoms with Gasteiger partial charge in [0.25, 0.3) is 0 Å². The molecular formula is C18H27N3O2S. The first kappa shape index (κ1) is 17.4. The van der Waals surface area contributed by atoms with E-state index in [2.05, 4.69) is 28.6 Å². The first-order valence-corrected chi connectivity index (χ1v) is 9.85. The summed E-state index contributed by atoms with van der Waals surface area (Å²) in [7, 11) is 0. The second-order valence-electron chi connectivity index (χ2n) is 6.87. The normalized spacial score (nSPS) is 20.4. The summed E-state index contributed by atoms with van der Waals surface area (Å²) in [6, 6.07) is 2.52. The fraction of sp³-hybridized carbons (Fsp3) is 0.667. The molecule has 0 saturated carbocycles. The van der Waals surface area contributed by atoms with Crippen molar-refractivity contribution in [3.05, 3.63) is 21.9 Å². The average molecular weight is 350 g/mol. The number of amides is 2. The van der Waals surface area contributed by atoms with Gasteiger partial charge in [0.15, 0.2) is 0 Å². The Morgan fingerprint density at radius 3 is 3.04 bits per heavy atom. The molecule has 0 bridgehead atoms. The van der Waals surface area contributed by atoms with Crippen LogP contribution in [0.1, 0.15) is 43.0 Å². The Morgan fingerprint density at radius 2 is 2.17 bits per heavy atom. The largest absolute Gasteiger partial charge is 0.353 e. The Morgan fingerprint density at radius 1 is 1.29 bits per heavy atom. The summed E-state index contributed by atoms with van der Waals surface area (Å²) in [4.78, 5) is 29.8. The van der Waals surface area contributed by atoms with Crippen LogP contribution in [0.2, 0.25) is 0 Å². The molecule has 6 heteroatoms. The highest BCUT2D eigenvalue weighted by molar-refractivity contribution is 7.10. The molecule has 5 nitrogen and oxygen atoms in total. The van der Waals surface area contributed by atoms with Gasteiger partial charge in [-0.3, -0.25) is 14.5 Å². The van der Waals surface area contributed by atoms with Crippen molar-refractivity contribution < 1.29 is 9.59 Å². The van der Waals surface area contributed by atoms with Crippen molar-refractivity contribution in [1.29, 1.82) is 0 Å². The first-order valence-electron chi connectivity index (χ1n) is 8.97. The van der Waals surface area contributed by atoms with Gasteiger partial charge < -0.3 is 10.2 Å². The van der Waals surface area contributed by atoms with Gasteiger partial charge in [0, 0.05) is 43.5 Å². The van der Waals surface area contributed by atoms with Crippen LogP contribution in [0.3, 0.4) is 0 Å². The summed E-state index contributed by atoms with van der Waals surface area (Å²) < 4.78 is 0. The lowest BCUT2D eigenvalue weighted by Crippen LogP contribution is -2.47. The molecule has 2 amide bonds. The van der Waals surface area contributed by atoms with Gasteiger partial charge in [-0.05, 0) is 43.2 Å². The second kappa shape index (κ2) is 8.12. The molecule has 0 unspecified atom stereocenters. The van der Waals surface area contributed by atoms with E-state index in [4.69, 9.17) is 0 Å². The second-order valence-corrected chi connectivity index (χ2v) is 7.87. The molecule has 2 aliphatic rings. The third-order valence-corrected chi connectivity index (χ3v) is 6.08. The molecule has 1 fully saturated rings. The molecule has 24 heavy (non-hydrogen) atoms. The first-order chi connectivity index (χ1) is 11.6. The van der Waals surface area contributed by atoms with Gasteiger partial charge in [0.2, 0.25) is 11.8 Å². The summed E-state index contributed by atoms with van der Waals surface area (Å²) >= 11 is 1.84. The van der Waals surface area contributed by atoms with Gasteiger partial charge in [-0.2, -0.15) is 0 Å². The van der Waals surface area contributed by atoms with Crippen LogP contribution in [0.15, 0.2) is 11.4 Å². The highest BCUT2D eigenvalue weighted by atomic mass is 32.1. The quantitative estimate of drug-likeness (QED) is 0.885. The van der Waals surface area contributed by atoms with Crippen LogP contribution in [-0.4, -0.2) is 53.8 Å². The highest BCUT2D eigenvalue weighted by Gasteiger charge is 2.23. The minimum Gasteiger partial charge on any atom is -0.353 e. The van der Waals surface area contributed by atoms with Crippen LogP contribution in [0.25, 0.3) is 0 Å². The maximum absolute atomic E-state index is 12.2. The number of nitrogens with one attached hydrogen (secondary N) is 1. The van der Waals surface area contributed by atoms with E-state index in [1.807, 2.05) is 11.3 Å². The molecule has 1 aromatic heterocycles. The van der Waals surface area contributed by atoms with E-state index in [-0.39, 0.29) is 18.4 Å². The van der Waals surface area contributed by atoms with Crippen LogP contribution in [0.5, 0.6) is 0 Å². The molecule has 3 heterocycles. The number of carbonyl (C=O) groups is 2. The number of hydrogen-bond donors (Lipinski definition) is 1. The Labute approximate surface area is 148 Å². The number of likely N-dealkylation sites (tertiary alicyclic amines) is 1. The van der Waals surface area contributed by atoms with Crippen LogP contribution >= 0.6 is 11.3 Å². The lowest BCUT2D eigenvalue weighted by molar-refractivity contribution is -0.135. The van der Waals surface area contributed by atoms with E-state index >= 15 is 0 Å². The zero-order valence-electron chi connectivity index (χ0n) is 14.4. The van der Waals surface area contributed by atoms with Gasteiger partial charge in [0.05, 0.1) is 6.54 Å². The van der Waals surface area contributed by atoms with Crippen LogP contribution in [-0.2, 0) is 22.6 Å². The topological polar surface area (TPSA) is 52.7 Å². The van der Waals surface area contributed by atoms with E-state index in [9.17, 15) is 9.59 Å². The predicted molar refractivity (Wildman–Crippen MR) is 96.0 cm³/mol. The molecule has 3 rings (SSSR count). The van der Waals surface area contributed by atoms with Crippen molar-refractivity contribution >= 4 is 23.2 Å². The Kier molecular flexibility index (Phi) is 5.89. The Hall–Kier alpha value is -1.40. The van der Waals surface area contributed by atoms with Gasteiger partial charge >= 0.3 is 0 Å². The standard InChI is InChI=1S/C18H27N3O2S/c1-14(20-9-6-16-15(12-20)7-10-24-16)11-19-17(22)13-21-8-4-2-3-5-18(21)23/h7,10,14H,2-6,8-9,11-13H2,1H3,(H,19,22)/t14-/m0/s1. The summed E-state index contributed by atoms with van der Waals surface area (Å²) in [6.07, 6.45) is 4.73. The number of rotatable bonds is 5. The maximum Gasteiger partial charge on any atom is 0.239 e. The highest BCUT2D eigenvalue weighted by Crippen LogP contribution is 2.24. The number of carbonyl (C=O) groups excluding carboxylic acids is 2. The molecule has 1 aromatic rings. The summed E-state index contributed by atoms with van der Waals surface area (Å²) in [5.74, 6) is 0.0852. The van der Waals surface area contributed by atoms with Crippen LogP contribution in [0.4, 0.5) is 0 Å². The zero-order chi connectivity index (χ0) is 16.9. The zero-order valence-corrected chi connectivity index (χ0v) is 15.2. The molecule has 0 aliphatic carbocycles. The minimum atomic E-state index is -0.0367. The van der Waals surface area contributed by atoms with Gasteiger partial charge in [0.1, 0.15) is 0 Å². The number of thiophene rings is 1. The Bertz CT molecular complexity index is 587. The Balaban J connectivity index is 1.43. The van der Waals surface area contributed by atoms with E-state index in [1.165, 1.54) is 10.4 Å². The molecule has 1 N–H and O–H groups in total. The fourth-order valence-electron chi connectivity index (χ4n) is 3.47. The van der Waals surface area contributed by atoms with Crippen LogP contribution < -0.4 is 5.32 Å². The number of nitrogens with zero attached hydrogens (tertiary/aromatic N) is 2. The van der Waals surface area contributed by atoms with Crippen molar-refractivity contribution in [2.75, 3.05) is 26.2 Å². The van der Waals surface area contributed by atoms with Crippen molar-refractivity contribution in [1.82, 2.24) is 15.1 Å². The molecule has 1 atom stereocenters. The molecule has 1 saturated heterocycles. The smallest absolute Gasteiger partial charge is 0.239 e. The molecular weight excluding hydrogens is 322 g/mol. The number of fused-ring (bicyclic) bond motifs is 1. The van der Waals surface area contributed by atoms with Gasteiger partial charge in [-0.25, -0.2) is 0 Å². The van der Waals surface area contributed by atoms with Gasteiger partial charge in [-0.1, -0.05) is 6.42 Å². The van der Waals surface area contributed by atoms with E-state index in [0.717, 1.165) is 45.3 Å². The third kappa shape index (κ3) is 4.36. The number of hydrogen-bond acceptors (Lipinski definition) is 4. The van der Waals surface area contributed by atoms with Crippen molar-refractivity contribution in [2.45, 2.75) is 51.6 Å². The summed E-state index contributed by atoms with van der Waals surface area (Å²) in [5, 5.41) is 5.18. The summed E-state index contributed by atoms with van der Waals surface area (Å²) in [5.41, 5.74) is 1.43. The minimum absolute atomic E-state index is 0.0367. The molecule has 132 valence electrons. The SMILES string of the molecule is C[C@@H](CNC(=O)CN1CCCCCC1=O)N1CCc2sccc2C1. The lowest BCUT2D eigenvalue weighted by Gasteiger charge is -2.32. The fourth-order valence-corrected chi connectivity index (χ4v) is 4.36. The van der Waals surface area contributed by atoms with Crippen molar-refractivity contribution in [2.24, 2.45) is 0 Å². The average Bonchev–Trinajstić information content (AvgIpc) is 2.96. The summed E-state index contributed by atoms with van der Waals surface area (Å²) in [6.45, 7) is 5.75. The molecule has 0 radical (unpaired) electrons. The van der Waals surface area contributed by atoms with Crippen LogP contribution in [0, 0.1) is 0 Å². The van der Waals surface area contributed by atoms with E-state index in [0.29, 0.717) is 19.0 Å². The molecule has 2 aliphatic heterocycles.